The van der Waals surface area contributed by atoms with Gasteiger partial charge < -0.3 is 0 Å². The van der Waals surface area contributed by atoms with E-state index in [0.717, 1.165) is 10.2 Å². The van der Waals surface area contributed by atoms with Gasteiger partial charge in [-0.3, -0.25) is 0 Å². The summed E-state index contributed by atoms with van der Waals surface area (Å²) in [6.07, 6.45) is 0.324. The Labute approximate surface area is 162 Å². The number of allylic oxidation sites excluding steroid dienone is 1. The molecule has 28 heavy (non-hydrogen) atoms. The Morgan fingerprint density at radius 1 is 1.04 bits per heavy atom. The van der Waals surface area contributed by atoms with Gasteiger partial charge in [0, 0.05) is 17.3 Å². The zero-order valence-electron chi connectivity index (χ0n) is 15.3. The van der Waals surface area contributed by atoms with Crippen LogP contribution in [-0.2, 0) is 10.0 Å². The number of hydrogen-bond acceptors (Lipinski definition) is 3. The zero-order valence-corrected chi connectivity index (χ0v) is 16.1. The van der Waals surface area contributed by atoms with Crippen LogP contribution < -0.4 is 5.14 Å². The quantitative estimate of drug-likeness (QED) is 0.676. The number of nitrogens with two attached hydrogens (primary N) is 1. The van der Waals surface area contributed by atoms with E-state index >= 15 is 0 Å². The topological polar surface area (TPSA) is 78.0 Å². The Hall–Kier alpha value is -2.84. The van der Waals surface area contributed by atoms with E-state index in [1.54, 1.807) is 25.1 Å². The summed E-state index contributed by atoms with van der Waals surface area (Å²) in [5.74, 6) is 0. The molecule has 3 aromatic rings. The Balaban J connectivity index is 2.28. The molecule has 0 bridgehead atoms. The predicted molar refractivity (Wildman–Crippen MR) is 105 cm³/mol. The van der Waals surface area contributed by atoms with Gasteiger partial charge in [0.2, 0.25) is 10.0 Å². The summed E-state index contributed by atoms with van der Waals surface area (Å²) in [5, 5.41) is 9.48. The van der Waals surface area contributed by atoms with Crippen LogP contribution in [0.1, 0.15) is 24.6 Å². The zero-order chi connectivity index (χ0) is 20.5. The van der Waals surface area contributed by atoms with E-state index in [1.165, 1.54) is 30.5 Å². The lowest BCUT2D eigenvalue weighted by atomic mass is 9.98. The average molecular weight is 403 g/mol. The van der Waals surface area contributed by atoms with Gasteiger partial charge >= 0.3 is 0 Å². The fourth-order valence-electron chi connectivity index (χ4n) is 2.92. The molecule has 5 nitrogen and oxygen atoms in total. The first-order valence-electron chi connectivity index (χ1n) is 8.46. The largest absolute Gasteiger partial charge is 0.281 e. The highest BCUT2D eigenvalue weighted by Gasteiger charge is 2.26. The lowest BCUT2D eigenvalue weighted by Crippen LogP contribution is -2.11. The molecule has 0 saturated heterocycles. The highest BCUT2D eigenvalue weighted by molar-refractivity contribution is 7.89. The van der Waals surface area contributed by atoms with Crippen molar-refractivity contribution < 1.29 is 17.2 Å². The van der Waals surface area contributed by atoms with Crippen LogP contribution >= 0.6 is 0 Å². The molecule has 0 saturated carbocycles. The SMILES string of the molecule is CC=Cn1nc(-c2ccc(S(N)(=O)=O)cc2)c(-c2ccc(C)cc2)c1C(F)F. The Morgan fingerprint density at radius 2 is 1.61 bits per heavy atom. The first-order valence-corrected chi connectivity index (χ1v) is 10.0. The molecule has 2 N–H and O–H groups in total. The van der Waals surface area contributed by atoms with Crippen molar-refractivity contribution in [3.05, 3.63) is 65.9 Å². The monoisotopic (exact) mass is 403 g/mol. The van der Waals surface area contributed by atoms with Crippen molar-refractivity contribution >= 4 is 16.2 Å². The fraction of sp³-hybridized carbons (Fsp3) is 0.150. The van der Waals surface area contributed by atoms with E-state index in [1.807, 2.05) is 19.1 Å². The van der Waals surface area contributed by atoms with Gasteiger partial charge in [0.15, 0.2) is 0 Å². The van der Waals surface area contributed by atoms with Crippen molar-refractivity contribution in [1.29, 1.82) is 0 Å². The van der Waals surface area contributed by atoms with Crippen molar-refractivity contribution in [2.45, 2.75) is 25.2 Å². The van der Waals surface area contributed by atoms with Crippen molar-refractivity contribution in [2.75, 3.05) is 0 Å². The summed E-state index contributed by atoms with van der Waals surface area (Å²) in [7, 11) is -3.85. The van der Waals surface area contributed by atoms with Gasteiger partial charge in [-0.1, -0.05) is 48.0 Å². The molecule has 0 spiro atoms. The third-order valence-corrected chi connectivity index (χ3v) is 5.17. The molecule has 0 aliphatic rings. The molecule has 1 heterocycles. The number of primary sulfonamides is 1. The van der Waals surface area contributed by atoms with Gasteiger partial charge in [0.05, 0.1) is 4.90 Å². The molecular formula is C20H19F2N3O2S. The van der Waals surface area contributed by atoms with Gasteiger partial charge in [0.1, 0.15) is 11.4 Å². The highest BCUT2D eigenvalue weighted by atomic mass is 32.2. The number of hydrogen-bond donors (Lipinski definition) is 1. The molecule has 0 unspecified atom stereocenters. The highest BCUT2D eigenvalue weighted by Crippen LogP contribution is 2.39. The van der Waals surface area contributed by atoms with Gasteiger partial charge in [-0.2, -0.15) is 5.10 Å². The minimum Gasteiger partial charge on any atom is -0.238 e. The van der Waals surface area contributed by atoms with Crippen LogP contribution in [0.25, 0.3) is 28.6 Å². The van der Waals surface area contributed by atoms with E-state index in [0.29, 0.717) is 22.4 Å². The first kappa shape index (κ1) is 19.9. The Morgan fingerprint density at radius 3 is 2.11 bits per heavy atom. The molecule has 0 amide bonds. The summed E-state index contributed by atoms with van der Waals surface area (Å²) in [6.45, 7) is 3.62. The van der Waals surface area contributed by atoms with Gasteiger partial charge in [-0.05, 0) is 31.5 Å². The Bertz CT molecular complexity index is 1120. The normalized spacial score (nSPS) is 12.2. The predicted octanol–water partition coefficient (Wildman–Crippen LogP) is 4.60. The molecule has 146 valence electrons. The molecule has 0 aliphatic carbocycles. The number of halogens is 2. The third kappa shape index (κ3) is 3.88. The van der Waals surface area contributed by atoms with E-state index in [9.17, 15) is 17.2 Å². The second-order valence-corrected chi connectivity index (χ2v) is 7.83. The molecule has 0 aliphatic heterocycles. The summed E-state index contributed by atoms with van der Waals surface area (Å²) in [5.41, 5.74) is 2.51. The van der Waals surface area contributed by atoms with E-state index in [4.69, 9.17) is 5.14 Å². The maximum Gasteiger partial charge on any atom is 0.281 e. The van der Waals surface area contributed by atoms with Gasteiger partial charge in [0.25, 0.3) is 6.43 Å². The number of alkyl halides is 2. The van der Waals surface area contributed by atoms with Crippen LogP contribution in [-0.4, -0.2) is 18.2 Å². The minimum absolute atomic E-state index is 0.0601. The van der Waals surface area contributed by atoms with Crippen molar-refractivity contribution in [3.8, 4) is 22.4 Å². The maximum atomic E-state index is 13.9. The van der Waals surface area contributed by atoms with Crippen LogP contribution in [0.4, 0.5) is 8.78 Å². The smallest absolute Gasteiger partial charge is 0.238 e. The van der Waals surface area contributed by atoms with Crippen LogP contribution in [0.15, 0.2) is 59.5 Å². The molecule has 3 rings (SSSR count). The summed E-state index contributed by atoms with van der Waals surface area (Å²) >= 11 is 0. The van der Waals surface area contributed by atoms with E-state index < -0.39 is 16.4 Å². The number of rotatable bonds is 5. The molecule has 0 atom stereocenters. The molecule has 8 heteroatoms. The fourth-order valence-corrected chi connectivity index (χ4v) is 3.44. The lowest BCUT2D eigenvalue weighted by molar-refractivity contribution is 0.144. The number of nitrogens with zero attached hydrogens (tertiary/aromatic N) is 2. The average Bonchev–Trinajstić information content (AvgIpc) is 3.01. The van der Waals surface area contributed by atoms with Gasteiger partial charge in [-0.15, -0.1) is 0 Å². The second kappa shape index (κ2) is 7.65. The number of benzene rings is 2. The lowest BCUT2D eigenvalue weighted by Gasteiger charge is -2.08. The van der Waals surface area contributed by atoms with Crippen LogP contribution in [0.2, 0.25) is 0 Å². The maximum absolute atomic E-state index is 13.9. The van der Waals surface area contributed by atoms with Crippen LogP contribution in [0, 0.1) is 6.92 Å². The molecule has 0 radical (unpaired) electrons. The number of aromatic nitrogens is 2. The first-order chi connectivity index (χ1) is 13.2. The number of sulfonamides is 1. The molecule has 1 aromatic heterocycles. The summed E-state index contributed by atoms with van der Waals surface area (Å²) in [6, 6.07) is 12.9. The summed E-state index contributed by atoms with van der Waals surface area (Å²) < 4.78 is 52.0. The standard InChI is InChI=1S/C20H19F2N3O2S/c1-3-12-25-19(20(21)22)17(14-6-4-13(2)5-7-14)18(24-25)15-8-10-16(11-9-15)28(23,26)27/h3-12,20H,1-2H3,(H2,23,26,27). The van der Waals surface area contributed by atoms with Crippen molar-refractivity contribution in [2.24, 2.45) is 5.14 Å². The minimum atomic E-state index is -3.85. The van der Waals surface area contributed by atoms with Crippen LogP contribution in [0.3, 0.4) is 0 Å². The van der Waals surface area contributed by atoms with Crippen molar-refractivity contribution in [3.63, 3.8) is 0 Å². The number of aryl methyl sites for hydroxylation is 1. The molecule has 0 fully saturated rings. The molecular weight excluding hydrogens is 384 g/mol. The third-order valence-electron chi connectivity index (χ3n) is 4.24. The molecule has 2 aromatic carbocycles. The van der Waals surface area contributed by atoms with Crippen LogP contribution in [0.5, 0.6) is 0 Å². The second-order valence-electron chi connectivity index (χ2n) is 6.27. The Kier molecular flexibility index (Phi) is 5.44. The van der Waals surface area contributed by atoms with E-state index in [2.05, 4.69) is 5.10 Å². The summed E-state index contributed by atoms with van der Waals surface area (Å²) in [4.78, 5) is -0.0601. The van der Waals surface area contributed by atoms with Gasteiger partial charge in [-0.25, -0.2) is 27.0 Å². The van der Waals surface area contributed by atoms with Crippen molar-refractivity contribution in [1.82, 2.24) is 9.78 Å². The van der Waals surface area contributed by atoms with E-state index in [-0.39, 0.29) is 10.6 Å².